The molecular weight excluding hydrogens is 673 g/mol. The molecule has 0 amide bonds. The monoisotopic (exact) mass is 714 g/mol. The molecule has 0 radical (unpaired) electrons. The Morgan fingerprint density at radius 1 is 0.268 bits per heavy atom. The highest BCUT2D eigenvalue weighted by Gasteiger charge is 2.38. The van der Waals surface area contributed by atoms with Crippen molar-refractivity contribution in [3.63, 3.8) is 0 Å². The summed E-state index contributed by atoms with van der Waals surface area (Å²) in [6.07, 6.45) is 0. The van der Waals surface area contributed by atoms with Gasteiger partial charge >= 0.3 is 0 Å². The first kappa shape index (κ1) is 32.9. The van der Waals surface area contributed by atoms with Crippen molar-refractivity contribution in [2.45, 2.75) is 38.5 Å². The first-order chi connectivity index (χ1) is 27.3. The summed E-state index contributed by atoms with van der Waals surface area (Å²) in [5.74, 6) is 0. The molecule has 0 atom stereocenters. The minimum atomic E-state index is -0.180. The van der Waals surface area contributed by atoms with Gasteiger partial charge in [0.15, 0.2) is 0 Å². The third-order valence-corrected chi connectivity index (χ3v) is 13.1. The van der Waals surface area contributed by atoms with Crippen molar-refractivity contribution in [2.75, 3.05) is 0 Å². The lowest BCUT2D eigenvalue weighted by molar-refractivity contribution is 0.659. The lowest BCUT2D eigenvalue weighted by Gasteiger charge is -2.24. The van der Waals surface area contributed by atoms with Crippen molar-refractivity contribution < 1.29 is 0 Å². The van der Waals surface area contributed by atoms with Crippen LogP contribution < -0.4 is 0 Å². The quantitative estimate of drug-likeness (QED) is 0.159. The Balaban J connectivity index is 1.09. The summed E-state index contributed by atoms with van der Waals surface area (Å²) in [7, 11) is 0. The van der Waals surface area contributed by atoms with Gasteiger partial charge in [-0.2, -0.15) is 0 Å². The number of benzene rings is 9. The molecule has 0 unspecified atom stereocenters. The number of hydrogen-bond donors (Lipinski definition) is 0. The van der Waals surface area contributed by atoms with E-state index in [4.69, 9.17) is 0 Å². The smallest absolute Gasteiger partial charge is 0.0159 e. The molecule has 0 bridgehead atoms. The molecule has 0 heterocycles. The fourth-order valence-electron chi connectivity index (χ4n) is 10.3. The molecular formula is C56H42. The van der Waals surface area contributed by atoms with E-state index >= 15 is 0 Å². The van der Waals surface area contributed by atoms with Crippen LogP contribution in [0.3, 0.4) is 0 Å². The number of fused-ring (bicyclic) bond motifs is 8. The molecule has 0 heteroatoms. The van der Waals surface area contributed by atoms with Gasteiger partial charge in [-0.25, -0.2) is 0 Å². The first-order valence-corrected chi connectivity index (χ1v) is 19.9. The summed E-state index contributed by atoms with van der Waals surface area (Å²) in [5, 5.41) is 5.13. The molecule has 9 aromatic rings. The first-order valence-electron chi connectivity index (χ1n) is 19.9. The molecule has 0 fully saturated rings. The largest absolute Gasteiger partial charge is 0.0622 e. The van der Waals surface area contributed by atoms with Gasteiger partial charge in [0.25, 0.3) is 0 Å². The SMILES string of the molecule is CC1(C)c2ccccc2-c2ccc(-c3ccc4c(c3)C(C)(C)c3cc(-c5c6ccccc6c(-c6ccccc6)c6cccc(-c7ccccc7)c56)ccc3-4)cc21. The third-order valence-electron chi connectivity index (χ3n) is 13.1. The zero-order valence-electron chi connectivity index (χ0n) is 32.3. The maximum absolute atomic E-state index is 2.51. The van der Waals surface area contributed by atoms with Crippen molar-refractivity contribution in [1.29, 1.82) is 0 Å². The normalized spacial score (nSPS) is 14.4. The highest BCUT2D eigenvalue weighted by atomic mass is 14.4. The Morgan fingerprint density at radius 3 is 1.32 bits per heavy atom. The van der Waals surface area contributed by atoms with Crippen LogP contribution in [-0.4, -0.2) is 0 Å². The zero-order valence-corrected chi connectivity index (χ0v) is 32.3. The van der Waals surface area contributed by atoms with Gasteiger partial charge in [-0.1, -0.05) is 191 Å². The third kappa shape index (κ3) is 4.66. The van der Waals surface area contributed by atoms with E-state index in [1.807, 2.05) is 0 Å². The van der Waals surface area contributed by atoms with Crippen molar-refractivity contribution in [2.24, 2.45) is 0 Å². The fourth-order valence-corrected chi connectivity index (χ4v) is 10.3. The second-order valence-corrected chi connectivity index (χ2v) is 16.8. The van der Waals surface area contributed by atoms with Crippen molar-refractivity contribution in [3.8, 4) is 66.8 Å². The Morgan fingerprint density at radius 2 is 0.696 bits per heavy atom. The Bertz CT molecular complexity index is 3050. The van der Waals surface area contributed by atoms with E-state index in [0.29, 0.717) is 0 Å². The molecule has 2 aliphatic rings. The molecule has 0 saturated carbocycles. The predicted molar refractivity (Wildman–Crippen MR) is 238 cm³/mol. The molecule has 56 heavy (non-hydrogen) atoms. The molecule has 0 N–H and O–H groups in total. The van der Waals surface area contributed by atoms with Crippen molar-refractivity contribution in [3.05, 3.63) is 204 Å². The van der Waals surface area contributed by atoms with Crippen LogP contribution in [0.4, 0.5) is 0 Å². The Labute approximate surface area is 329 Å². The molecule has 0 aliphatic heterocycles. The topological polar surface area (TPSA) is 0 Å². The van der Waals surface area contributed by atoms with Crippen molar-refractivity contribution >= 4 is 21.5 Å². The minimum Gasteiger partial charge on any atom is -0.0622 e. The van der Waals surface area contributed by atoms with Crippen LogP contribution >= 0.6 is 0 Å². The lowest BCUT2D eigenvalue weighted by atomic mass is 9.79. The standard InChI is InChI=1S/C56H42/c1-55(2)48-25-14-13-20-41(48)42-29-26-37(32-49(42)55)38-27-30-43-44-31-28-39(34-51(44)56(3,4)50(43)33-38)53-46-22-12-11-21-45(46)52(36-18-9-6-10-19-36)47-24-15-23-40(54(47)53)35-16-7-5-8-17-35/h5-34H,1-4H3. The summed E-state index contributed by atoms with van der Waals surface area (Å²) in [6.45, 7) is 9.56. The van der Waals surface area contributed by atoms with Gasteiger partial charge in [0.05, 0.1) is 0 Å². The summed E-state index contributed by atoms with van der Waals surface area (Å²) in [4.78, 5) is 0. The predicted octanol–water partition coefficient (Wildman–Crippen LogP) is 15.3. The molecule has 9 aromatic carbocycles. The summed E-state index contributed by atoms with van der Waals surface area (Å²) < 4.78 is 0. The highest BCUT2D eigenvalue weighted by Crippen LogP contribution is 2.54. The second-order valence-electron chi connectivity index (χ2n) is 16.8. The summed E-state index contributed by atoms with van der Waals surface area (Å²) in [5.41, 5.74) is 20.9. The van der Waals surface area contributed by atoms with Crippen LogP contribution in [0.25, 0.3) is 88.3 Å². The zero-order chi connectivity index (χ0) is 37.8. The van der Waals surface area contributed by atoms with E-state index in [9.17, 15) is 0 Å². The second kappa shape index (κ2) is 12.0. The fraction of sp³-hybridized carbons (Fsp3) is 0.107. The van der Waals surface area contributed by atoms with Crippen molar-refractivity contribution in [1.82, 2.24) is 0 Å². The van der Waals surface area contributed by atoms with Crippen LogP contribution in [0.2, 0.25) is 0 Å². The van der Waals surface area contributed by atoms with E-state index in [2.05, 4.69) is 210 Å². The van der Waals surface area contributed by atoms with Crippen LogP contribution in [0.5, 0.6) is 0 Å². The Hall–Kier alpha value is -6.50. The molecule has 0 nitrogen and oxygen atoms in total. The maximum Gasteiger partial charge on any atom is 0.0159 e. The molecule has 11 rings (SSSR count). The van der Waals surface area contributed by atoms with E-state index in [1.165, 1.54) is 111 Å². The van der Waals surface area contributed by atoms with E-state index in [0.717, 1.165) is 0 Å². The molecule has 0 aromatic heterocycles. The van der Waals surface area contributed by atoms with Gasteiger partial charge in [-0.05, 0) is 129 Å². The number of rotatable bonds is 4. The van der Waals surface area contributed by atoms with Gasteiger partial charge in [-0.3, -0.25) is 0 Å². The van der Waals surface area contributed by atoms with Gasteiger partial charge in [0.1, 0.15) is 0 Å². The Kier molecular flexibility index (Phi) is 7.05. The van der Waals surface area contributed by atoms with Gasteiger partial charge in [-0.15, -0.1) is 0 Å². The molecule has 266 valence electrons. The van der Waals surface area contributed by atoms with Gasteiger partial charge in [0, 0.05) is 10.8 Å². The van der Waals surface area contributed by atoms with Crippen LogP contribution in [0.15, 0.2) is 182 Å². The van der Waals surface area contributed by atoms with E-state index < -0.39 is 0 Å². The van der Waals surface area contributed by atoms with Gasteiger partial charge in [0.2, 0.25) is 0 Å². The number of hydrogen-bond acceptors (Lipinski definition) is 0. The average Bonchev–Trinajstić information content (AvgIpc) is 3.61. The summed E-state index contributed by atoms with van der Waals surface area (Å²) in [6, 6.07) is 68.2. The average molecular weight is 715 g/mol. The van der Waals surface area contributed by atoms with Crippen LogP contribution in [0, 0.1) is 0 Å². The van der Waals surface area contributed by atoms with Crippen LogP contribution in [0.1, 0.15) is 49.9 Å². The summed E-state index contributed by atoms with van der Waals surface area (Å²) >= 11 is 0. The van der Waals surface area contributed by atoms with Gasteiger partial charge < -0.3 is 0 Å². The van der Waals surface area contributed by atoms with E-state index in [1.54, 1.807) is 0 Å². The van der Waals surface area contributed by atoms with Crippen LogP contribution in [-0.2, 0) is 10.8 Å². The minimum absolute atomic E-state index is 0.0292. The lowest BCUT2D eigenvalue weighted by Crippen LogP contribution is -2.15. The molecule has 2 aliphatic carbocycles. The highest BCUT2D eigenvalue weighted by molar-refractivity contribution is 6.24. The maximum atomic E-state index is 2.51. The molecule has 0 saturated heterocycles. The molecule has 0 spiro atoms. The van der Waals surface area contributed by atoms with E-state index in [-0.39, 0.29) is 10.8 Å².